The first kappa shape index (κ1) is 48.4. The minimum atomic E-state index is -1.24. The zero-order valence-corrected chi connectivity index (χ0v) is 37.3. The monoisotopic (exact) mass is 888 g/mol. The topological polar surface area (TPSA) is 161 Å². The maximum atomic E-state index is 14.5. The van der Waals surface area contributed by atoms with Crippen LogP contribution in [0.2, 0.25) is 0 Å². The fraction of sp³-hybridized carbons (Fsp3) is 0.314. The number of esters is 1. The van der Waals surface area contributed by atoms with Crippen molar-refractivity contribution in [1.29, 1.82) is 0 Å². The molecular weight excluding hydrogens is 832 g/mol. The maximum absolute atomic E-state index is 14.5. The highest BCUT2D eigenvalue weighted by Gasteiger charge is 2.39. The number of ether oxygens (including phenoxy) is 3. The number of alkyl halides is 1. The molecule has 2 unspecified atom stereocenters. The van der Waals surface area contributed by atoms with E-state index in [2.05, 4.69) is 21.3 Å². The lowest BCUT2D eigenvalue weighted by molar-refractivity contribution is -0.127. The molecule has 4 amide bonds. The van der Waals surface area contributed by atoms with Crippen molar-refractivity contribution in [3.05, 3.63) is 179 Å². The second kappa shape index (κ2) is 24.8. The molecule has 4 atom stereocenters. The van der Waals surface area contributed by atoms with E-state index in [9.17, 15) is 24.0 Å². The van der Waals surface area contributed by atoms with Crippen molar-refractivity contribution in [2.75, 3.05) is 0 Å². The van der Waals surface area contributed by atoms with Gasteiger partial charge in [0, 0.05) is 5.88 Å². The number of carbonyl (C=O) groups is 5. The van der Waals surface area contributed by atoms with Gasteiger partial charge in [0.2, 0.25) is 11.8 Å². The van der Waals surface area contributed by atoms with Crippen molar-refractivity contribution < 1.29 is 38.2 Å². The molecule has 0 aliphatic rings. The van der Waals surface area contributed by atoms with Crippen LogP contribution in [0.4, 0.5) is 9.59 Å². The summed E-state index contributed by atoms with van der Waals surface area (Å²) in [7, 11) is 0. The summed E-state index contributed by atoms with van der Waals surface area (Å²) in [4.78, 5) is 69.7. The van der Waals surface area contributed by atoms with Crippen LogP contribution in [0.15, 0.2) is 146 Å². The van der Waals surface area contributed by atoms with Crippen LogP contribution in [0.1, 0.15) is 65.9 Å². The molecule has 0 saturated heterocycles. The maximum Gasteiger partial charge on any atom is 0.408 e. The smallest absolute Gasteiger partial charge is 0.408 e. The molecule has 0 heterocycles. The van der Waals surface area contributed by atoms with Gasteiger partial charge in [-0.15, -0.1) is 11.6 Å². The van der Waals surface area contributed by atoms with Crippen LogP contribution >= 0.6 is 11.6 Å². The number of benzene rings is 5. The lowest BCUT2D eigenvalue weighted by atomic mass is 9.90. The zero-order chi connectivity index (χ0) is 45.8. The Hall–Kier alpha value is -6.66. The summed E-state index contributed by atoms with van der Waals surface area (Å²) in [6, 6.07) is 39.6. The SMILES string of the molecule is CC(C)[C@H](NC(=O)OCc1ccccc1)C(=O)NC(Cc1ccccc1)C(OC(=O)c1cccc(CCl)c1)C(Cc1ccccc1)NC(=O)[C@@H](NC(=O)OCc1ccccc1)C(C)C. The van der Waals surface area contributed by atoms with Gasteiger partial charge in [-0.3, -0.25) is 9.59 Å². The summed E-state index contributed by atoms with van der Waals surface area (Å²) >= 11 is 6.16. The van der Waals surface area contributed by atoms with Gasteiger partial charge in [-0.25, -0.2) is 14.4 Å². The zero-order valence-electron chi connectivity index (χ0n) is 36.6. The molecule has 5 rings (SSSR count). The molecule has 0 radical (unpaired) electrons. The van der Waals surface area contributed by atoms with Crippen LogP contribution in [0.5, 0.6) is 0 Å². The summed E-state index contributed by atoms with van der Waals surface area (Å²) in [6.45, 7) is 7.15. The molecule has 0 aromatic heterocycles. The normalized spacial score (nSPS) is 13.4. The van der Waals surface area contributed by atoms with Crippen LogP contribution in [0, 0.1) is 11.8 Å². The van der Waals surface area contributed by atoms with Crippen LogP contribution in [0.3, 0.4) is 0 Å². The molecule has 336 valence electrons. The molecule has 13 heteroatoms. The van der Waals surface area contributed by atoms with Crippen LogP contribution in [-0.4, -0.2) is 60.2 Å². The molecule has 0 aliphatic carbocycles. The molecule has 0 fully saturated rings. The summed E-state index contributed by atoms with van der Waals surface area (Å²) in [5.74, 6) is -2.50. The number of nitrogens with one attached hydrogen (secondary N) is 4. The largest absolute Gasteiger partial charge is 0.454 e. The first-order valence-electron chi connectivity index (χ1n) is 21.4. The third-order valence-electron chi connectivity index (χ3n) is 10.5. The van der Waals surface area contributed by atoms with Gasteiger partial charge in [0.05, 0.1) is 17.6 Å². The molecule has 0 bridgehead atoms. The molecule has 0 saturated carbocycles. The van der Waals surface area contributed by atoms with E-state index in [1.54, 1.807) is 52.0 Å². The number of amides is 4. The van der Waals surface area contributed by atoms with Gasteiger partial charge in [0.1, 0.15) is 31.4 Å². The lowest BCUT2D eigenvalue weighted by Crippen LogP contribution is -2.62. The highest BCUT2D eigenvalue weighted by molar-refractivity contribution is 6.17. The third-order valence-corrected chi connectivity index (χ3v) is 10.8. The lowest BCUT2D eigenvalue weighted by Gasteiger charge is -2.36. The average molecular weight is 889 g/mol. The second-order valence-electron chi connectivity index (χ2n) is 16.2. The summed E-state index contributed by atoms with van der Waals surface area (Å²) in [5, 5.41) is 11.7. The second-order valence-corrected chi connectivity index (χ2v) is 16.4. The number of hydrogen-bond donors (Lipinski definition) is 4. The third kappa shape index (κ3) is 15.3. The molecule has 5 aromatic rings. The van der Waals surface area contributed by atoms with E-state index >= 15 is 0 Å². The first-order chi connectivity index (χ1) is 30.9. The summed E-state index contributed by atoms with van der Waals surface area (Å²) < 4.78 is 17.5. The molecule has 12 nitrogen and oxygen atoms in total. The van der Waals surface area contributed by atoms with Gasteiger partial charge < -0.3 is 35.5 Å². The minimum absolute atomic E-state index is 0.00345. The van der Waals surface area contributed by atoms with E-state index in [4.69, 9.17) is 25.8 Å². The quantitative estimate of drug-likeness (QED) is 0.0325. The Balaban J connectivity index is 1.52. The Morgan fingerprint density at radius 2 is 0.859 bits per heavy atom. The predicted molar refractivity (Wildman–Crippen MR) is 246 cm³/mol. The molecular formula is C51H57ClN4O8. The number of hydrogen-bond acceptors (Lipinski definition) is 8. The van der Waals surface area contributed by atoms with Crippen molar-refractivity contribution in [2.45, 2.75) is 89.9 Å². The summed E-state index contributed by atoms with van der Waals surface area (Å²) in [6.07, 6.45) is -2.52. The Morgan fingerprint density at radius 1 is 0.484 bits per heavy atom. The number of rotatable bonds is 21. The van der Waals surface area contributed by atoms with E-state index in [0.717, 1.165) is 22.3 Å². The van der Waals surface area contributed by atoms with Crippen molar-refractivity contribution in [2.24, 2.45) is 11.8 Å². The van der Waals surface area contributed by atoms with Gasteiger partial charge >= 0.3 is 18.2 Å². The van der Waals surface area contributed by atoms with E-state index in [0.29, 0.717) is 5.56 Å². The standard InChI is InChI=1S/C51H57ClN4O8/c1-34(2)44(55-50(60)62-32-38-22-13-7-14-23-38)47(57)53-42(29-36-18-9-5-10-19-36)46(64-49(59)41-27-17-26-40(28-41)31-52)43(30-37-20-11-6-12-21-37)54-48(58)45(35(3)4)56-51(61)63-33-39-24-15-8-16-25-39/h5-28,34-35,42-46H,29-33H2,1-4H3,(H,53,57)(H,54,58)(H,55,60)(H,56,61)/t42?,43?,44-,45-,46?/m0/s1. The number of alkyl carbamates (subject to hydrolysis) is 2. The van der Waals surface area contributed by atoms with Crippen LogP contribution < -0.4 is 21.3 Å². The van der Waals surface area contributed by atoms with E-state index in [1.165, 1.54) is 0 Å². The molecule has 5 aromatic carbocycles. The Morgan fingerprint density at radius 3 is 1.23 bits per heavy atom. The Labute approximate surface area is 380 Å². The summed E-state index contributed by atoms with van der Waals surface area (Å²) in [5.41, 5.74) is 4.04. The van der Waals surface area contributed by atoms with Crippen molar-refractivity contribution in [3.8, 4) is 0 Å². The molecule has 4 N–H and O–H groups in total. The van der Waals surface area contributed by atoms with Crippen molar-refractivity contribution in [3.63, 3.8) is 0 Å². The van der Waals surface area contributed by atoms with Crippen LogP contribution in [0.25, 0.3) is 0 Å². The van der Waals surface area contributed by atoms with E-state index < -0.39 is 72.1 Å². The molecule has 64 heavy (non-hydrogen) atoms. The Bertz CT molecular complexity index is 2120. The fourth-order valence-electron chi connectivity index (χ4n) is 7.05. The van der Waals surface area contributed by atoms with E-state index in [-0.39, 0.29) is 37.5 Å². The Kier molecular flexibility index (Phi) is 18.8. The van der Waals surface area contributed by atoms with E-state index in [1.807, 2.05) is 121 Å². The number of halogens is 1. The van der Waals surface area contributed by atoms with Crippen LogP contribution in [-0.2, 0) is 55.7 Å². The minimum Gasteiger partial charge on any atom is -0.454 e. The van der Waals surface area contributed by atoms with Gasteiger partial charge in [-0.1, -0.05) is 161 Å². The number of carbonyl (C=O) groups excluding carboxylic acids is 5. The highest BCUT2D eigenvalue weighted by atomic mass is 35.5. The fourth-order valence-corrected chi connectivity index (χ4v) is 7.22. The van der Waals surface area contributed by atoms with Crippen molar-refractivity contribution in [1.82, 2.24) is 21.3 Å². The molecule has 0 aliphatic heterocycles. The first-order valence-corrected chi connectivity index (χ1v) is 21.9. The highest BCUT2D eigenvalue weighted by Crippen LogP contribution is 2.21. The average Bonchev–Trinajstić information content (AvgIpc) is 3.31. The van der Waals surface area contributed by atoms with Crippen molar-refractivity contribution >= 4 is 41.6 Å². The predicted octanol–water partition coefficient (Wildman–Crippen LogP) is 8.31. The van der Waals surface area contributed by atoms with Gasteiger partial charge in [0.15, 0.2) is 0 Å². The van der Waals surface area contributed by atoms with Gasteiger partial charge in [-0.2, -0.15) is 0 Å². The molecule has 0 spiro atoms. The van der Waals surface area contributed by atoms with Gasteiger partial charge in [0.25, 0.3) is 0 Å². The van der Waals surface area contributed by atoms with Gasteiger partial charge in [-0.05, 0) is 64.6 Å².